The van der Waals surface area contributed by atoms with Gasteiger partial charge in [0.2, 0.25) is 0 Å². The summed E-state index contributed by atoms with van der Waals surface area (Å²) in [4.78, 5) is 0. The van der Waals surface area contributed by atoms with E-state index >= 15 is 0 Å². The molecule has 0 aromatic carbocycles. The van der Waals surface area contributed by atoms with Crippen LogP contribution >= 0.6 is 7.26 Å². The third-order valence-corrected chi connectivity index (χ3v) is 15.4. The Morgan fingerprint density at radius 1 is 0.205 bits per heavy atom. The molecule has 39 heavy (non-hydrogen) atoms. The summed E-state index contributed by atoms with van der Waals surface area (Å²) in [5, 5.41) is 0. The van der Waals surface area contributed by atoms with Gasteiger partial charge in [-0.15, -0.1) is 0 Å². The first-order valence-corrected chi connectivity index (χ1v) is 22.1. The molecule has 1 heteroatoms. The Balaban J connectivity index is 4.59. The molecule has 0 aliphatic carbocycles. The number of hydrogen-bond donors (Lipinski definition) is 0. The van der Waals surface area contributed by atoms with E-state index in [1.807, 2.05) is 0 Å². The molecule has 0 saturated carbocycles. The molecule has 0 spiro atoms. The van der Waals surface area contributed by atoms with E-state index in [1.165, 1.54) is 167 Å². The van der Waals surface area contributed by atoms with E-state index in [9.17, 15) is 0 Å². The SMILES string of the molecule is CCCCCCCCCCC[PH](CCCCC)(CCCCCCCCCCC)CCCCCCCCCCC. The predicted molar refractivity (Wildman–Crippen MR) is 189 cm³/mol. The standard InChI is InChI=1S/C38H81P/c1-5-9-13-16-19-22-25-28-32-36-39(35-31-12-8-4,37-33-29-26-23-20-17-14-10-6-2)38-34-30-27-24-21-18-15-11-7-3/h39H,5-38H2,1-4H3. The van der Waals surface area contributed by atoms with Gasteiger partial charge in [-0.1, -0.05) is 0 Å². The van der Waals surface area contributed by atoms with Crippen LogP contribution in [0.25, 0.3) is 0 Å². The summed E-state index contributed by atoms with van der Waals surface area (Å²) in [5.41, 5.74) is 0. The van der Waals surface area contributed by atoms with Crippen molar-refractivity contribution in [2.45, 2.75) is 220 Å². The van der Waals surface area contributed by atoms with Gasteiger partial charge in [0, 0.05) is 0 Å². The molecule has 0 rings (SSSR count). The summed E-state index contributed by atoms with van der Waals surface area (Å²) in [6.07, 6.45) is 51.4. The van der Waals surface area contributed by atoms with Crippen LogP contribution in [0.5, 0.6) is 0 Å². The van der Waals surface area contributed by atoms with Crippen molar-refractivity contribution in [1.82, 2.24) is 0 Å². The molecular formula is C38H81P. The van der Waals surface area contributed by atoms with E-state index in [2.05, 4.69) is 27.7 Å². The Morgan fingerprint density at radius 3 is 0.590 bits per heavy atom. The third-order valence-electron chi connectivity index (χ3n) is 9.74. The third kappa shape index (κ3) is 28.3. The van der Waals surface area contributed by atoms with Crippen molar-refractivity contribution in [1.29, 1.82) is 0 Å². The normalized spacial score (nSPS) is 12.4. The fourth-order valence-electron chi connectivity index (χ4n) is 6.93. The monoisotopic (exact) mass is 569 g/mol. The minimum absolute atomic E-state index is 1.09. The molecule has 0 aromatic rings. The van der Waals surface area contributed by atoms with E-state index in [4.69, 9.17) is 0 Å². The molecule has 0 aliphatic heterocycles. The Bertz CT molecular complexity index is 375. The van der Waals surface area contributed by atoms with E-state index < -0.39 is 7.26 Å². The zero-order valence-electron chi connectivity index (χ0n) is 28.5. The van der Waals surface area contributed by atoms with Gasteiger partial charge in [-0.25, -0.2) is 0 Å². The summed E-state index contributed by atoms with van der Waals surface area (Å²) in [7, 11) is -1.09. The molecule has 0 atom stereocenters. The molecule has 0 N–H and O–H groups in total. The number of unbranched alkanes of at least 4 members (excludes halogenated alkanes) is 26. The van der Waals surface area contributed by atoms with Crippen molar-refractivity contribution in [2.24, 2.45) is 0 Å². The van der Waals surface area contributed by atoms with E-state index in [1.54, 1.807) is 50.3 Å². The zero-order chi connectivity index (χ0) is 28.5. The molecule has 0 fully saturated rings. The van der Waals surface area contributed by atoms with Gasteiger partial charge in [-0.3, -0.25) is 0 Å². The van der Waals surface area contributed by atoms with Gasteiger partial charge in [0.15, 0.2) is 0 Å². The molecular weight excluding hydrogens is 487 g/mol. The van der Waals surface area contributed by atoms with Crippen molar-refractivity contribution >= 4 is 7.26 Å². The van der Waals surface area contributed by atoms with Crippen molar-refractivity contribution in [3.05, 3.63) is 0 Å². The van der Waals surface area contributed by atoms with Gasteiger partial charge in [-0.2, -0.15) is 0 Å². The maximum absolute atomic E-state index is 2.41. The first-order valence-electron chi connectivity index (χ1n) is 19.2. The maximum atomic E-state index is 2.41. The quantitative estimate of drug-likeness (QED) is 0.0535. The fraction of sp³-hybridized carbons (Fsp3) is 1.00. The number of rotatable bonds is 34. The van der Waals surface area contributed by atoms with Gasteiger partial charge < -0.3 is 0 Å². The molecule has 0 unspecified atom stereocenters. The van der Waals surface area contributed by atoms with E-state index in [0.29, 0.717) is 0 Å². The average Bonchev–Trinajstić information content (AvgIpc) is 2.94. The minimum atomic E-state index is -1.09. The van der Waals surface area contributed by atoms with Crippen LogP contribution in [0.2, 0.25) is 0 Å². The van der Waals surface area contributed by atoms with Crippen LogP contribution in [0.3, 0.4) is 0 Å². The molecule has 0 radical (unpaired) electrons. The zero-order valence-corrected chi connectivity index (χ0v) is 29.5. The van der Waals surface area contributed by atoms with Crippen LogP contribution in [-0.2, 0) is 0 Å². The van der Waals surface area contributed by atoms with Crippen LogP contribution in [0.4, 0.5) is 0 Å². The van der Waals surface area contributed by atoms with Gasteiger partial charge >= 0.3 is 252 Å². The average molecular weight is 569 g/mol. The summed E-state index contributed by atoms with van der Waals surface area (Å²) >= 11 is 0. The van der Waals surface area contributed by atoms with E-state index in [-0.39, 0.29) is 0 Å². The van der Waals surface area contributed by atoms with Crippen LogP contribution in [0.1, 0.15) is 220 Å². The summed E-state index contributed by atoms with van der Waals surface area (Å²) in [5.74, 6) is 0. The number of hydrogen-bond acceptors (Lipinski definition) is 0. The Hall–Kier alpha value is 0.430. The topological polar surface area (TPSA) is 0 Å². The first kappa shape index (κ1) is 39.4. The van der Waals surface area contributed by atoms with Gasteiger partial charge in [0.25, 0.3) is 0 Å². The molecule has 0 amide bonds. The summed E-state index contributed by atoms with van der Waals surface area (Å²) < 4.78 is 0. The van der Waals surface area contributed by atoms with Crippen molar-refractivity contribution < 1.29 is 0 Å². The second kappa shape index (κ2) is 32.9. The second-order valence-corrected chi connectivity index (χ2v) is 18.7. The van der Waals surface area contributed by atoms with Crippen LogP contribution < -0.4 is 0 Å². The van der Waals surface area contributed by atoms with Crippen LogP contribution in [-0.4, -0.2) is 24.6 Å². The van der Waals surface area contributed by atoms with Crippen molar-refractivity contribution in [2.75, 3.05) is 24.6 Å². The molecule has 0 heterocycles. The predicted octanol–water partition coefficient (Wildman–Crippen LogP) is 14.5. The first-order chi connectivity index (χ1) is 19.2. The van der Waals surface area contributed by atoms with Crippen LogP contribution in [0, 0.1) is 0 Å². The Labute approximate surface area is 251 Å². The van der Waals surface area contributed by atoms with Gasteiger partial charge in [0.1, 0.15) is 0 Å². The van der Waals surface area contributed by atoms with Crippen molar-refractivity contribution in [3.8, 4) is 0 Å². The summed E-state index contributed by atoms with van der Waals surface area (Å²) in [6.45, 7) is 9.41. The Kier molecular flexibility index (Phi) is 33.3. The van der Waals surface area contributed by atoms with Crippen molar-refractivity contribution in [3.63, 3.8) is 0 Å². The molecule has 0 nitrogen and oxygen atoms in total. The van der Waals surface area contributed by atoms with Crippen LogP contribution in [0.15, 0.2) is 0 Å². The van der Waals surface area contributed by atoms with Gasteiger partial charge in [-0.05, 0) is 0 Å². The molecule has 0 aliphatic rings. The fourth-order valence-corrected chi connectivity index (χ4v) is 12.4. The van der Waals surface area contributed by atoms with Gasteiger partial charge in [0.05, 0.1) is 0 Å². The Morgan fingerprint density at radius 2 is 0.359 bits per heavy atom. The second-order valence-electron chi connectivity index (χ2n) is 13.7. The molecule has 0 bridgehead atoms. The summed E-state index contributed by atoms with van der Waals surface area (Å²) in [6, 6.07) is 0. The van der Waals surface area contributed by atoms with E-state index in [0.717, 1.165) is 0 Å². The molecule has 0 aromatic heterocycles. The molecule has 0 saturated heterocycles. The molecule has 238 valence electrons.